The molecule has 1 amide bonds. The number of aromatic nitrogens is 3. The summed E-state index contributed by atoms with van der Waals surface area (Å²) >= 11 is 1.95. The van der Waals surface area contributed by atoms with Crippen LogP contribution < -0.4 is 5.73 Å². The Morgan fingerprint density at radius 2 is 1.86 bits per heavy atom. The first-order valence-corrected chi connectivity index (χ1v) is 8.09. The molecule has 0 aliphatic heterocycles. The fraction of sp³-hybridized carbons (Fsp3) is 0.400. The molecule has 3 rings (SSSR count). The Kier molecular flexibility index (Phi) is 4.24. The van der Waals surface area contributed by atoms with E-state index in [1.54, 1.807) is 0 Å². The minimum atomic E-state index is -0.570. The topological polar surface area (TPSA) is 84.7 Å². The number of rotatable bonds is 4. The van der Waals surface area contributed by atoms with E-state index in [1.807, 2.05) is 23.9 Å². The maximum absolute atomic E-state index is 11.3. The average molecular weight is 302 g/mol. The Morgan fingerprint density at radius 3 is 2.52 bits per heavy atom. The third kappa shape index (κ3) is 3.26. The van der Waals surface area contributed by atoms with Crippen LogP contribution in [-0.4, -0.2) is 26.6 Å². The number of carbonyl (C=O) groups excluding carboxylic acids is 1. The minimum Gasteiger partial charge on any atom is -0.364 e. The van der Waals surface area contributed by atoms with Gasteiger partial charge in [-0.25, -0.2) is 0 Å². The van der Waals surface area contributed by atoms with Gasteiger partial charge in [-0.3, -0.25) is 4.79 Å². The molecule has 3 N–H and O–H groups in total. The van der Waals surface area contributed by atoms with Gasteiger partial charge in [-0.2, -0.15) is 15.4 Å². The van der Waals surface area contributed by atoms with Crippen molar-refractivity contribution in [3.8, 4) is 11.3 Å². The van der Waals surface area contributed by atoms with Crippen molar-refractivity contribution < 1.29 is 4.79 Å². The Morgan fingerprint density at radius 1 is 1.14 bits per heavy atom. The van der Waals surface area contributed by atoms with Gasteiger partial charge in [0.25, 0.3) is 5.91 Å². The highest BCUT2D eigenvalue weighted by molar-refractivity contribution is 8.00. The van der Waals surface area contributed by atoms with E-state index >= 15 is 0 Å². The second kappa shape index (κ2) is 6.30. The molecule has 0 saturated heterocycles. The van der Waals surface area contributed by atoms with Gasteiger partial charge in [-0.05, 0) is 25.0 Å². The Labute approximate surface area is 127 Å². The number of nitrogens with one attached hydrogen (secondary N) is 1. The monoisotopic (exact) mass is 302 g/mol. The predicted molar refractivity (Wildman–Crippen MR) is 83.1 cm³/mol. The number of carbonyl (C=O) groups is 1. The standard InChI is InChI=1S/C15H18N4OS/c16-15(20)14-13(17-19-18-14)10-6-8-12(9-7-10)21-11-4-2-1-3-5-11/h6-9,11H,1-5H2,(H2,16,20)(H,17,18,19). The number of nitrogens with zero attached hydrogens (tertiary/aromatic N) is 2. The van der Waals surface area contributed by atoms with Crippen LogP contribution in [0.5, 0.6) is 0 Å². The molecular formula is C15H18N4OS. The lowest BCUT2D eigenvalue weighted by molar-refractivity contribution is 0.0996. The maximum atomic E-state index is 11.3. The van der Waals surface area contributed by atoms with Crippen molar-refractivity contribution >= 4 is 17.7 Å². The first-order chi connectivity index (χ1) is 10.2. The Hall–Kier alpha value is -1.82. The van der Waals surface area contributed by atoms with Crippen LogP contribution in [0.2, 0.25) is 0 Å². The van der Waals surface area contributed by atoms with Gasteiger partial charge in [0.2, 0.25) is 0 Å². The third-order valence-corrected chi connectivity index (χ3v) is 5.11. The van der Waals surface area contributed by atoms with Crippen molar-refractivity contribution in [1.82, 2.24) is 15.4 Å². The van der Waals surface area contributed by atoms with E-state index in [4.69, 9.17) is 5.73 Å². The van der Waals surface area contributed by atoms with E-state index < -0.39 is 5.91 Å². The molecule has 0 unspecified atom stereocenters. The van der Waals surface area contributed by atoms with E-state index in [1.165, 1.54) is 37.0 Å². The van der Waals surface area contributed by atoms with Crippen LogP contribution >= 0.6 is 11.8 Å². The summed E-state index contributed by atoms with van der Waals surface area (Å²) in [6.07, 6.45) is 6.68. The molecule has 1 saturated carbocycles. The summed E-state index contributed by atoms with van der Waals surface area (Å²) in [6.45, 7) is 0. The fourth-order valence-electron chi connectivity index (χ4n) is 2.67. The molecule has 0 atom stereocenters. The summed E-state index contributed by atoms with van der Waals surface area (Å²) in [7, 11) is 0. The molecule has 1 aliphatic carbocycles. The average Bonchev–Trinajstić information content (AvgIpc) is 2.99. The molecule has 5 nitrogen and oxygen atoms in total. The van der Waals surface area contributed by atoms with Gasteiger partial charge >= 0.3 is 0 Å². The van der Waals surface area contributed by atoms with Crippen LogP contribution in [-0.2, 0) is 0 Å². The highest BCUT2D eigenvalue weighted by atomic mass is 32.2. The van der Waals surface area contributed by atoms with E-state index in [-0.39, 0.29) is 5.69 Å². The number of nitrogens with two attached hydrogens (primary N) is 1. The van der Waals surface area contributed by atoms with Crippen LogP contribution in [0.1, 0.15) is 42.6 Å². The van der Waals surface area contributed by atoms with Crippen LogP contribution in [0.15, 0.2) is 29.2 Å². The van der Waals surface area contributed by atoms with Crippen LogP contribution in [0.4, 0.5) is 0 Å². The molecule has 21 heavy (non-hydrogen) atoms. The fourth-order valence-corrected chi connectivity index (χ4v) is 3.92. The Balaban J connectivity index is 1.74. The van der Waals surface area contributed by atoms with Gasteiger partial charge in [0.15, 0.2) is 5.69 Å². The van der Waals surface area contributed by atoms with Crippen molar-refractivity contribution in [2.75, 3.05) is 0 Å². The summed E-state index contributed by atoms with van der Waals surface area (Å²) in [5, 5.41) is 11.0. The highest BCUT2D eigenvalue weighted by Crippen LogP contribution is 2.34. The summed E-state index contributed by atoms with van der Waals surface area (Å²) in [6, 6.07) is 8.09. The Bertz CT molecular complexity index is 617. The zero-order valence-corrected chi connectivity index (χ0v) is 12.5. The van der Waals surface area contributed by atoms with Crippen molar-refractivity contribution in [3.05, 3.63) is 30.0 Å². The lowest BCUT2D eigenvalue weighted by Crippen LogP contribution is -2.12. The van der Waals surface area contributed by atoms with Gasteiger partial charge < -0.3 is 5.73 Å². The molecule has 6 heteroatoms. The number of amides is 1. The number of thioether (sulfide) groups is 1. The van der Waals surface area contributed by atoms with Crippen molar-refractivity contribution in [2.45, 2.75) is 42.2 Å². The number of hydrogen-bond acceptors (Lipinski definition) is 4. The molecule has 1 aromatic heterocycles. The number of aromatic amines is 1. The molecule has 2 aromatic rings. The SMILES string of the molecule is NC(=O)c1n[nH]nc1-c1ccc(SC2CCCCC2)cc1. The molecule has 110 valence electrons. The smallest absolute Gasteiger partial charge is 0.271 e. The lowest BCUT2D eigenvalue weighted by atomic mass is 10.0. The summed E-state index contributed by atoms with van der Waals surface area (Å²) in [5.41, 5.74) is 6.83. The van der Waals surface area contributed by atoms with E-state index in [0.29, 0.717) is 5.69 Å². The molecule has 1 aromatic carbocycles. The normalized spacial score (nSPS) is 16.0. The van der Waals surface area contributed by atoms with Crippen LogP contribution in [0.3, 0.4) is 0 Å². The van der Waals surface area contributed by atoms with Gasteiger partial charge in [0.1, 0.15) is 5.69 Å². The number of H-pyrrole nitrogens is 1. The largest absolute Gasteiger partial charge is 0.364 e. The molecule has 0 spiro atoms. The second-order valence-electron chi connectivity index (χ2n) is 5.29. The van der Waals surface area contributed by atoms with Crippen molar-refractivity contribution in [2.24, 2.45) is 5.73 Å². The van der Waals surface area contributed by atoms with Crippen LogP contribution in [0.25, 0.3) is 11.3 Å². The number of primary amides is 1. The predicted octanol–water partition coefficient (Wildman–Crippen LogP) is 3.00. The van der Waals surface area contributed by atoms with Crippen molar-refractivity contribution in [1.29, 1.82) is 0 Å². The summed E-state index contributed by atoms with van der Waals surface area (Å²) in [4.78, 5) is 12.5. The van der Waals surface area contributed by atoms with Gasteiger partial charge in [-0.1, -0.05) is 31.4 Å². The van der Waals surface area contributed by atoms with E-state index in [9.17, 15) is 4.79 Å². The molecule has 0 radical (unpaired) electrons. The number of benzene rings is 1. The van der Waals surface area contributed by atoms with E-state index in [2.05, 4.69) is 27.5 Å². The van der Waals surface area contributed by atoms with Gasteiger partial charge in [0.05, 0.1) is 0 Å². The summed E-state index contributed by atoms with van der Waals surface area (Å²) < 4.78 is 0. The minimum absolute atomic E-state index is 0.183. The first kappa shape index (κ1) is 14.1. The zero-order valence-electron chi connectivity index (χ0n) is 11.7. The second-order valence-corrected chi connectivity index (χ2v) is 6.66. The highest BCUT2D eigenvalue weighted by Gasteiger charge is 2.16. The van der Waals surface area contributed by atoms with E-state index in [0.717, 1.165) is 10.8 Å². The molecule has 0 bridgehead atoms. The summed E-state index contributed by atoms with van der Waals surface area (Å²) in [5.74, 6) is -0.570. The van der Waals surface area contributed by atoms with Crippen molar-refractivity contribution in [3.63, 3.8) is 0 Å². The molecular weight excluding hydrogens is 284 g/mol. The van der Waals surface area contributed by atoms with Gasteiger partial charge in [0, 0.05) is 15.7 Å². The number of hydrogen-bond donors (Lipinski definition) is 2. The quantitative estimate of drug-likeness (QED) is 0.909. The third-order valence-electron chi connectivity index (χ3n) is 3.76. The lowest BCUT2D eigenvalue weighted by Gasteiger charge is -2.20. The first-order valence-electron chi connectivity index (χ1n) is 7.21. The molecule has 1 heterocycles. The van der Waals surface area contributed by atoms with Crippen LogP contribution in [0, 0.1) is 0 Å². The molecule has 1 aliphatic rings. The zero-order chi connectivity index (χ0) is 14.7. The van der Waals surface area contributed by atoms with Gasteiger partial charge in [-0.15, -0.1) is 11.8 Å². The maximum Gasteiger partial charge on any atom is 0.271 e. The molecule has 1 fully saturated rings.